The van der Waals surface area contributed by atoms with Crippen molar-refractivity contribution in [2.75, 3.05) is 43.4 Å². The molecule has 0 radical (unpaired) electrons. The molecule has 174 valence electrons. The average Bonchev–Trinajstić information content (AvgIpc) is 3.21. The van der Waals surface area contributed by atoms with Crippen molar-refractivity contribution in [3.8, 4) is 5.69 Å². The van der Waals surface area contributed by atoms with Gasteiger partial charge in [0.05, 0.1) is 17.4 Å². The molecule has 1 aliphatic heterocycles. The molecule has 0 unspecified atom stereocenters. The molecular weight excluding hydrogens is 455 g/mol. The van der Waals surface area contributed by atoms with E-state index in [4.69, 9.17) is 11.6 Å². The molecule has 1 aromatic heterocycles. The van der Waals surface area contributed by atoms with Gasteiger partial charge in [-0.3, -0.25) is 4.79 Å². The number of benzene rings is 2. The Labute approximate surface area is 194 Å². The summed E-state index contributed by atoms with van der Waals surface area (Å²) in [6, 6.07) is 11.2. The van der Waals surface area contributed by atoms with Gasteiger partial charge in [0, 0.05) is 42.6 Å². The van der Waals surface area contributed by atoms with Gasteiger partial charge >= 0.3 is 6.18 Å². The van der Waals surface area contributed by atoms with Crippen LogP contribution in [-0.2, 0) is 6.18 Å². The molecule has 6 nitrogen and oxygen atoms in total. The summed E-state index contributed by atoms with van der Waals surface area (Å²) >= 11 is 5.92. The Morgan fingerprint density at radius 2 is 1.82 bits per heavy atom. The van der Waals surface area contributed by atoms with Crippen LogP contribution in [0.25, 0.3) is 5.69 Å². The molecule has 0 spiro atoms. The predicted molar refractivity (Wildman–Crippen MR) is 122 cm³/mol. The summed E-state index contributed by atoms with van der Waals surface area (Å²) in [5, 5.41) is 6.66. The molecule has 0 bridgehead atoms. The maximum Gasteiger partial charge on any atom is 0.434 e. The number of carbonyl (C=O) groups excluding carboxylic acids is 1. The quantitative estimate of drug-likeness (QED) is 0.583. The number of aromatic nitrogens is 2. The summed E-state index contributed by atoms with van der Waals surface area (Å²) in [7, 11) is 2.08. The largest absolute Gasteiger partial charge is 0.434 e. The fourth-order valence-corrected chi connectivity index (χ4v) is 4.11. The number of carbonyl (C=O) groups is 1. The van der Waals surface area contributed by atoms with Crippen LogP contribution in [0.1, 0.15) is 21.6 Å². The Balaban J connectivity index is 1.59. The lowest BCUT2D eigenvalue weighted by molar-refractivity contribution is -0.143. The molecule has 2 aromatic carbocycles. The van der Waals surface area contributed by atoms with Crippen molar-refractivity contribution in [3.05, 3.63) is 70.5 Å². The minimum absolute atomic E-state index is 0.112. The molecule has 1 aliphatic rings. The maximum atomic E-state index is 13.9. The van der Waals surface area contributed by atoms with Crippen LogP contribution in [0.3, 0.4) is 0 Å². The highest BCUT2D eigenvalue weighted by atomic mass is 35.5. The fourth-order valence-electron chi connectivity index (χ4n) is 3.92. The molecule has 1 saturated heterocycles. The summed E-state index contributed by atoms with van der Waals surface area (Å²) in [5.41, 5.74) is 0.783. The highest BCUT2D eigenvalue weighted by Crippen LogP contribution is 2.34. The number of amides is 1. The van der Waals surface area contributed by atoms with Crippen LogP contribution in [0.15, 0.2) is 48.7 Å². The summed E-state index contributed by atoms with van der Waals surface area (Å²) < 4.78 is 42.4. The van der Waals surface area contributed by atoms with Gasteiger partial charge in [0.2, 0.25) is 0 Å². The second kappa shape index (κ2) is 9.07. The van der Waals surface area contributed by atoms with Gasteiger partial charge in [0.25, 0.3) is 5.91 Å². The van der Waals surface area contributed by atoms with Crippen molar-refractivity contribution in [2.24, 2.45) is 0 Å². The van der Waals surface area contributed by atoms with E-state index < -0.39 is 23.3 Å². The van der Waals surface area contributed by atoms with Crippen LogP contribution < -0.4 is 10.2 Å². The number of likely N-dealkylation sites (N-methyl/N-ethyl adjacent to an activating group) is 1. The molecule has 0 saturated carbocycles. The normalized spacial score (nSPS) is 15.0. The van der Waals surface area contributed by atoms with E-state index in [9.17, 15) is 18.0 Å². The van der Waals surface area contributed by atoms with Crippen molar-refractivity contribution in [3.63, 3.8) is 0 Å². The topological polar surface area (TPSA) is 53.4 Å². The van der Waals surface area contributed by atoms with E-state index in [0.717, 1.165) is 43.6 Å². The van der Waals surface area contributed by atoms with Gasteiger partial charge in [-0.15, -0.1) is 0 Å². The second-order valence-electron chi connectivity index (χ2n) is 8.04. The number of piperazine rings is 1. The molecule has 1 N–H and O–H groups in total. The maximum absolute atomic E-state index is 13.9. The van der Waals surface area contributed by atoms with E-state index in [1.54, 1.807) is 18.2 Å². The first-order chi connectivity index (χ1) is 15.6. The Morgan fingerprint density at radius 1 is 1.09 bits per heavy atom. The van der Waals surface area contributed by atoms with Crippen molar-refractivity contribution < 1.29 is 18.0 Å². The third-order valence-corrected chi connectivity index (χ3v) is 5.87. The zero-order chi connectivity index (χ0) is 23.8. The van der Waals surface area contributed by atoms with Crippen molar-refractivity contribution >= 4 is 28.9 Å². The van der Waals surface area contributed by atoms with Gasteiger partial charge in [0.15, 0.2) is 5.69 Å². The minimum Gasteiger partial charge on any atom is -0.369 e. The lowest BCUT2D eigenvalue weighted by Gasteiger charge is -2.35. The Kier molecular flexibility index (Phi) is 6.36. The van der Waals surface area contributed by atoms with E-state index in [0.29, 0.717) is 10.4 Å². The Bertz CT molecular complexity index is 1170. The molecule has 4 rings (SSSR count). The first-order valence-electron chi connectivity index (χ1n) is 10.4. The van der Waals surface area contributed by atoms with Crippen molar-refractivity contribution in [1.29, 1.82) is 0 Å². The Hall–Kier alpha value is -3.04. The van der Waals surface area contributed by atoms with Gasteiger partial charge in [0.1, 0.15) is 0 Å². The number of nitrogens with zero attached hydrogens (tertiary/aromatic N) is 4. The minimum atomic E-state index is -4.80. The molecule has 1 amide bonds. The van der Waals surface area contributed by atoms with Crippen LogP contribution in [0, 0.1) is 6.92 Å². The number of rotatable bonds is 4. The monoisotopic (exact) mass is 477 g/mol. The molecule has 33 heavy (non-hydrogen) atoms. The third-order valence-electron chi connectivity index (χ3n) is 5.63. The Morgan fingerprint density at radius 3 is 2.45 bits per heavy atom. The highest BCUT2D eigenvalue weighted by Gasteiger charge is 2.40. The summed E-state index contributed by atoms with van der Waals surface area (Å²) in [6.07, 6.45) is -3.88. The lowest BCUT2D eigenvalue weighted by atomic mass is 10.1. The van der Waals surface area contributed by atoms with Gasteiger partial charge in [-0.05, 0) is 55.9 Å². The molecular formula is C23H23ClF3N5O. The predicted octanol–water partition coefficient (Wildman–Crippen LogP) is 4.86. The van der Waals surface area contributed by atoms with Crippen molar-refractivity contribution in [1.82, 2.24) is 14.7 Å². The first-order valence-corrected chi connectivity index (χ1v) is 10.8. The lowest BCUT2D eigenvalue weighted by Crippen LogP contribution is -2.44. The van der Waals surface area contributed by atoms with Gasteiger partial charge in [-0.2, -0.15) is 18.3 Å². The summed E-state index contributed by atoms with van der Waals surface area (Å²) in [4.78, 5) is 17.3. The molecule has 3 aromatic rings. The molecule has 10 heteroatoms. The molecule has 0 aliphatic carbocycles. The van der Waals surface area contributed by atoms with E-state index in [1.165, 1.54) is 18.2 Å². The smallest absolute Gasteiger partial charge is 0.369 e. The van der Waals surface area contributed by atoms with Crippen molar-refractivity contribution in [2.45, 2.75) is 13.1 Å². The average molecular weight is 478 g/mol. The van der Waals surface area contributed by atoms with E-state index >= 15 is 0 Å². The molecule has 0 atom stereocenters. The summed E-state index contributed by atoms with van der Waals surface area (Å²) in [5.74, 6) is -0.887. The van der Waals surface area contributed by atoms with Gasteiger partial charge in [-0.25, -0.2) is 4.68 Å². The third kappa shape index (κ3) is 4.99. The number of hydrogen-bond donors (Lipinski definition) is 1. The van der Waals surface area contributed by atoms with Crippen LogP contribution in [0.5, 0.6) is 0 Å². The van der Waals surface area contributed by atoms with E-state index in [2.05, 4.69) is 27.3 Å². The van der Waals surface area contributed by atoms with E-state index in [-0.39, 0.29) is 10.7 Å². The van der Waals surface area contributed by atoms with Gasteiger partial charge < -0.3 is 15.1 Å². The molecule has 1 fully saturated rings. The highest BCUT2D eigenvalue weighted by molar-refractivity contribution is 6.30. The zero-order valence-electron chi connectivity index (χ0n) is 18.2. The van der Waals surface area contributed by atoms with Crippen LogP contribution in [0.4, 0.5) is 24.5 Å². The fraction of sp³-hybridized carbons (Fsp3) is 0.304. The van der Waals surface area contributed by atoms with Crippen LogP contribution in [0.2, 0.25) is 5.02 Å². The number of hydrogen-bond acceptors (Lipinski definition) is 4. The standard InChI is InChI=1S/C23H23ClF3N5O/c1-15-12-17(6-7-20(15)31-10-8-30(2)9-11-31)29-22(33)19-14-28-32(21(19)23(25,26)27)18-5-3-4-16(24)13-18/h3-7,12-14H,8-11H2,1-2H3,(H,29,33). The zero-order valence-corrected chi connectivity index (χ0v) is 18.9. The summed E-state index contributed by atoms with van der Waals surface area (Å²) in [6.45, 7) is 5.60. The first kappa shape index (κ1) is 23.1. The number of anilines is 2. The number of nitrogens with one attached hydrogen (secondary N) is 1. The second-order valence-corrected chi connectivity index (χ2v) is 8.48. The van der Waals surface area contributed by atoms with Crippen LogP contribution >= 0.6 is 11.6 Å². The number of halogens is 4. The van der Waals surface area contributed by atoms with Crippen LogP contribution in [-0.4, -0.2) is 53.8 Å². The van der Waals surface area contributed by atoms with Gasteiger partial charge in [-0.1, -0.05) is 17.7 Å². The number of alkyl halides is 3. The molecule has 2 heterocycles. The van der Waals surface area contributed by atoms with E-state index in [1.807, 2.05) is 13.0 Å². The number of aryl methyl sites for hydroxylation is 1. The SMILES string of the molecule is Cc1cc(NC(=O)c2cnn(-c3cccc(Cl)c3)c2C(F)(F)F)ccc1N1CCN(C)CC1.